The van der Waals surface area contributed by atoms with E-state index in [4.69, 9.17) is 5.11 Å². The summed E-state index contributed by atoms with van der Waals surface area (Å²) in [5.41, 5.74) is 1.02. The molecule has 62 valence electrons. The molecule has 0 aromatic carbocycles. The molecule has 0 unspecified atom stereocenters. The molecule has 0 aliphatic carbocycles. The molecule has 3 nitrogen and oxygen atoms in total. The number of hydrogen-bond donors (Lipinski definition) is 1. The molecule has 0 bridgehead atoms. The van der Waals surface area contributed by atoms with E-state index in [0.717, 1.165) is 17.9 Å². The summed E-state index contributed by atoms with van der Waals surface area (Å²) < 4.78 is 2.00. The first kappa shape index (κ1) is 8.27. The lowest BCUT2D eigenvalue weighted by molar-refractivity contribution is 0.274. The van der Waals surface area contributed by atoms with Gasteiger partial charge in [-0.25, -0.2) is 4.98 Å². The van der Waals surface area contributed by atoms with Gasteiger partial charge in [0.05, 0.1) is 12.3 Å². The Labute approximate surface area is 66.7 Å². The zero-order chi connectivity index (χ0) is 8.27. The normalized spacial score (nSPS) is 10.5. The highest BCUT2D eigenvalue weighted by Gasteiger charge is 2.00. The van der Waals surface area contributed by atoms with Crippen molar-refractivity contribution < 1.29 is 5.11 Å². The summed E-state index contributed by atoms with van der Waals surface area (Å²) >= 11 is 0. The minimum Gasteiger partial charge on any atom is -0.395 e. The summed E-state index contributed by atoms with van der Waals surface area (Å²) in [6, 6.07) is 0. The smallest absolute Gasteiger partial charge is 0.108 e. The van der Waals surface area contributed by atoms with E-state index in [9.17, 15) is 0 Å². The highest BCUT2D eigenvalue weighted by Crippen LogP contribution is 2.02. The van der Waals surface area contributed by atoms with Crippen molar-refractivity contribution in [3.63, 3.8) is 0 Å². The Bertz CT molecular complexity index is 230. The van der Waals surface area contributed by atoms with Crippen LogP contribution in [0.1, 0.15) is 18.4 Å². The summed E-state index contributed by atoms with van der Waals surface area (Å²) in [4.78, 5) is 4.30. The van der Waals surface area contributed by atoms with Gasteiger partial charge in [0, 0.05) is 19.2 Å². The first-order valence-electron chi connectivity index (χ1n) is 3.91. The van der Waals surface area contributed by atoms with Gasteiger partial charge in [-0.15, -0.1) is 0 Å². The van der Waals surface area contributed by atoms with Crippen molar-refractivity contribution in [2.75, 3.05) is 6.61 Å². The number of aryl methyl sites for hydroxylation is 2. The van der Waals surface area contributed by atoms with Crippen molar-refractivity contribution in [2.24, 2.45) is 0 Å². The average molecular weight is 154 g/mol. The minimum atomic E-state index is 0.183. The fraction of sp³-hybridized carbons (Fsp3) is 0.625. The molecule has 1 rings (SSSR count). The Morgan fingerprint density at radius 3 is 2.91 bits per heavy atom. The van der Waals surface area contributed by atoms with Crippen molar-refractivity contribution in [1.82, 2.24) is 9.55 Å². The molecule has 0 fully saturated rings. The van der Waals surface area contributed by atoms with Gasteiger partial charge < -0.3 is 9.67 Å². The Balaban J connectivity index is 2.83. The molecule has 1 heterocycles. The first-order chi connectivity index (χ1) is 5.27. The number of aliphatic hydroxyl groups is 1. The first-order valence-corrected chi connectivity index (χ1v) is 3.91. The van der Waals surface area contributed by atoms with E-state index < -0.39 is 0 Å². The van der Waals surface area contributed by atoms with Crippen LogP contribution >= 0.6 is 0 Å². The van der Waals surface area contributed by atoms with E-state index in [1.165, 1.54) is 0 Å². The van der Waals surface area contributed by atoms with Crippen LogP contribution in [0, 0.1) is 6.92 Å². The lowest BCUT2D eigenvalue weighted by atomic mass is 10.4. The third-order valence-electron chi connectivity index (χ3n) is 1.64. The van der Waals surface area contributed by atoms with Gasteiger partial charge in [0.2, 0.25) is 0 Å². The molecule has 0 spiro atoms. The van der Waals surface area contributed by atoms with Crippen LogP contribution in [-0.4, -0.2) is 21.3 Å². The summed E-state index contributed by atoms with van der Waals surface area (Å²) in [6.45, 7) is 4.87. The fourth-order valence-electron chi connectivity index (χ4n) is 1.18. The molecule has 0 aliphatic rings. The van der Waals surface area contributed by atoms with Crippen molar-refractivity contribution in [3.05, 3.63) is 17.7 Å². The molecule has 1 aromatic rings. The van der Waals surface area contributed by atoms with Crippen molar-refractivity contribution in [3.8, 4) is 0 Å². The van der Waals surface area contributed by atoms with E-state index in [1.54, 1.807) is 0 Å². The Morgan fingerprint density at radius 1 is 1.64 bits per heavy atom. The summed E-state index contributed by atoms with van der Waals surface area (Å²) in [5.74, 6) is 1.05. The maximum Gasteiger partial charge on any atom is 0.108 e. The molecule has 1 aromatic heterocycles. The van der Waals surface area contributed by atoms with Crippen molar-refractivity contribution >= 4 is 0 Å². The standard InChI is InChI=1S/C8H14N2O/c1-3-8-9-7(2)6-10(8)4-5-11/h6,11H,3-5H2,1-2H3. The molecule has 0 atom stereocenters. The number of rotatable bonds is 3. The Kier molecular flexibility index (Phi) is 2.65. The zero-order valence-electron chi connectivity index (χ0n) is 7.04. The van der Waals surface area contributed by atoms with Crippen LogP contribution in [0.2, 0.25) is 0 Å². The largest absolute Gasteiger partial charge is 0.395 e. The molecule has 0 amide bonds. The van der Waals surface area contributed by atoms with Gasteiger partial charge in [0.25, 0.3) is 0 Å². The number of aromatic nitrogens is 2. The summed E-state index contributed by atoms with van der Waals surface area (Å²) in [6.07, 6.45) is 2.89. The lowest BCUT2D eigenvalue weighted by Crippen LogP contribution is -2.04. The van der Waals surface area contributed by atoms with E-state index in [0.29, 0.717) is 6.54 Å². The van der Waals surface area contributed by atoms with E-state index in [2.05, 4.69) is 11.9 Å². The van der Waals surface area contributed by atoms with Crippen molar-refractivity contribution in [1.29, 1.82) is 0 Å². The quantitative estimate of drug-likeness (QED) is 0.697. The van der Waals surface area contributed by atoms with Gasteiger partial charge in [-0.05, 0) is 6.92 Å². The third-order valence-corrected chi connectivity index (χ3v) is 1.64. The monoisotopic (exact) mass is 154 g/mol. The maximum atomic E-state index is 8.70. The van der Waals surface area contributed by atoms with Gasteiger partial charge >= 0.3 is 0 Å². The van der Waals surface area contributed by atoms with E-state index >= 15 is 0 Å². The molecule has 0 aliphatic heterocycles. The summed E-state index contributed by atoms with van der Waals surface area (Å²) in [7, 11) is 0. The SMILES string of the molecule is CCc1nc(C)cn1CCO. The number of hydrogen-bond acceptors (Lipinski definition) is 2. The van der Waals surface area contributed by atoms with Crippen LogP contribution in [0.25, 0.3) is 0 Å². The van der Waals surface area contributed by atoms with Crippen LogP contribution < -0.4 is 0 Å². The topological polar surface area (TPSA) is 38.0 Å². The molecular weight excluding hydrogens is 140 g/mol. The Morgan fingerprint density at radius 2 is 2.36 bits per heavy atom. The lowest BCUT2D eigenvalue weighted by Gasteiger charge is -2.01. The molecule has 0 radical (unpaired) electrons. The molecule has 3 heteroatoms. The number of imidazole rings is 1. The van der Waals surface area contributed by atoms with Gasteiger partial charge in [-0.2, -0.15) is 0 Å². The molecular formula is C8H14N2O. The van der Waals surface area contributed by atoms with Gasteiger partial charge in [-0.3, -0.25) is 0 Å². The fourth-order valence-corrected chi connectivity index (χ4v) is 1.18. The van der Waals surface area contributed by atoms with Crippen LogP contribution in [-0.2, 0) is 13.0 Å². The van der Waals surface area contributed by atoms with Gasteiger partial charge in [-0.1, -0.05) is 6.92 Å². The average Bonchev–Trinajstić information content (AvgIpc) is 2.32. The number of aliphatic hydroxyl groups excluding tert-OH is 1. The third kappa shape index (κ3) is 1.80. The second-order valence-electron chi connectivity index (χ2n) is 2.57. The van der Waals surface area contributed by atoms with Crippen LogP contribution in [0.15, 0.2) is 6.20 Å². The molecule has 1 N–H and O–H groups in total. The highest BCUT2D eigenvalue weighted by atomic mass is 16.3. The summed E-state index contributed by atoms with van der Waals surface area (Å²) in [5, 5.41) is 8.70. The predicted octanol–water partition coefficient (Wildman–Crippen LogP) is 0.746. The van der Waals surface area contributed by atoms with Crippen molar-refractivity contribution in [2.45, 2.75) is 26.8 Å². The van der Waals surface area contributed by atoms with E-state index in [1.807, 2.05) is 17.7 Å². The second kappa shape index (κ2) is 3.53. The molecule has 11 heavy (non-hydrogen) atoms. The van der Waals surface area contributed by atoms with Gasteiger partial charge in [0.15, 0.2) is 0 Å². The van der Waals surface area contributed by atoms with E-state index in [-0.39, 0.29) is 6.61 Å². The zero-order valence-corrected chi connectivity index (χ0v) is 7.04. The molecule has 0 saturated heterocycles. The highest BCUT2D eigenvalue weighted by molar-refractivity contribution is 5.01. The van der Waals surface area contributed by atoms with Crippen LogP contribution in [0.5, 0.6) is 0 Å². The minimum absolute atomic E-state index is 0.183. The predicted molar refractivity (Wildman–Crippen MR) is 43.4 cm³/mol. The van der Waals surface area contributed by atoms with Crippen LogP contribution in [0.4, 0.5) is 0 Å². The van der Waals surface area contributed by atoms with Crippen LogP contribution in [0.3, 0.4) is 0 Å². The van der Waals surface area contributed by atoms with Gasteiger partial charge in [0.1, 0.15) is 5.82 Å². The second-order valence-corrected chi connectivity index (χ2v) is 2.57. The maximum absolute atomic E-state index is 8.70. The number of nitrogens with zero attached hydrogens (tertiary/aromatic N) is 2. The molecule has 0 saturated carbocycles. The Hall–Kier alpha value is -0.830.